The standard InChI is InChI=1S/C19H23N5O3/c1-4-21-18(25)13-11-14-17(23(15(13)20)9-6-10-27-3)22-16-12(2)7-5-8-24(16)19(14)26/h5,7-8,11,20H,4,6,9-10H2,1-3H3,(H,21,25)/p+1. The molecule has 0 atom stereocenters. The normalized spacial score (nSPS) is 11.2. The minimum Gasteiger partial charge on any atom is -0.385 e. The highest BCUT2D eigenvalue weighted by molar-refractivity contribution is 6.00. The molecule has 0 unspecified atom stereocenters. The van der Waals surface area contributed by atoms with Gasteiger partial charge in [-0.2, -0.15) is 0 Å². The highest BCUT2D eigenvalue weighted by Crippen LogP contribution is 2.16. The van der Waals surface area contributed by atoms with Crippen molar-refractivity contribution in [3.05, 3.63) is 45.9 Å². The fraction of sp³-hybridized carbons (Fsp3) is 0.368. The third-order valence-electron chi connectivity index (χ3n) is 4.49. The van der Waals surface area contributed by atoms with Gasteiger partial charge in [0.25, 0.3) is 17.1 Å². The van der Waals surface area contributed by atoms with Crippen molar-refractivity contribution in [3.8, 4) is 0 Å². The van der Waals surface area contributed by atoms with E-state index in [0.29, 0.717) is 42.8 Å². The number of methoxy groups -OCH3 is 1. The van der Waals surface area contributed by atoms with Gasteiger partial charge >= 0.3 is 0 Å². The average Bonchev–Trinajstić information content (AvgIpc) is 2.65. The van der Waals surface area contributed by atoms with Crippen LogP contribution < -0.4 is 21.2 Å². The first-order chi connectivity index (χ1) is 13.0. The minimum absolute atomic E-state index is 0.232. The molecule has 0 radical (unpaired) electrons. The Kier molecular flexibility index (Phi) is 5.36. The number of aromatic nitrogens is 3. The number of hydrogen-bond donors (Lipinski definition) is 2. The Bertz CT molecular complexity index is 1070. The maximum Gasteiger partial charge on any atom is 0.278 e. The summed E-state index contributed by atoms with van der Waals surface area (Å²) in [5.41, 5.74) is 8.27. The van der Waals surface area contributed by atoms with E-state index in [1.165, 1.54) is 10.5 Å². The zero-order valence-corrected chi connectivity index (χ0v) is 15.8. The Morgan fingerprint density at radius 3 is 2.93 bits per heavy atom. The van der Waals surface area contributed by atoms with Crippen molar-refractivity contribution in [2.24, 2.45) is 0 Å². The van der Waals surface area contributed by atoms with Crippen LogP contribution in [0.4, 0.5) is 5.82 Å². The minimum atomic E-state index is -0.314. The third kappa shape index (κ3) is 3.35. The molecule has 0 aliphatic rings. The average molecular weight is 370 g/mol. The van der Waals surface area contributed by atoms with Crippen LogP contribution in [0.5, 0.6) is 0 Å². The number of nitrogens with zero attached hydrogens (tertiary/aromatic N) is 3. The van der Waals surface area contributed by atoms with Crippen molar-refractivity contribution < 1.29 is 14.1 Å². The van der Waals surface area contributed by atoms with E-state index in [1.54, 1.807) is 23.9 Å². The number of nitrogens with two attached hydrogens (primary N) is 1. The summed E-state index contributed by atoms with van der Waals surface area (Å²) in [7, 11) is 1.62. The monoisotopic (exact) mass is 370 g/mol. The molecule has 0 aliphatic heterocycles. The summed E-state index contributed by atoms with van der Waals surface area (Å²) in [6.07, 6.45) is 2.35. The molecule has 3 rings (SSSR count). The van der Waals surface area contributed by atoms with Crippen molar-refractivity contribution in [2.45, 2.75) is 26.8 Å². The van der Waals surface area contributed by atoms with E-state index in [4.69, 9.17) is 15.5 Å². The first kappa shape index (κ1) is 18.8. The van der Waals surface area contributed by atoms with Crippen LogP contribution in [0.15, 0.2) is 29.2 Å². The van der Waals surface area contributed by atoms with Crippen LogP contribution in [-0.4, -0.2) is 35.6 Å². The van der Waals surface area contributed by atoms with Crippen molar-refractivity contribution >= 4 is 28.4 Å². The molecule has 0 fully saturated rings. The fourth-order valence-corrected chi connectivity index (χ4v) is 3.14. The lowest BCUT2D eigenvalue weighted by molar-refractivity contribution is -0.659. The molecule has 0 aliphatic carbocycles. The first-order valence-corrected chi connectivity index (χ1v) is 8.90. The van der Waals surface area contributed by atoms with Gasteiger partial charge in [0.05, 0.1) is 6.54 Å². The number of hydrogen-bond acceptors (Lipinski definition) is 5. The smallest absolute Gasteiger partial charge is 0.278 e. The Labute approximate surface area is 156 Å². The molecular formula is C19H24N5O3+. The maximum absolute atomic E-state index is 13.1. The van der Waals surface area contributed by atoms with Gasteiger partial charge in [-0.05, 0) is 26.0 Å². The van der Waals surface area contributed by atoms with Crippen LogP contribution in [-0.2, 0) is 11.3 Å². The number of nitrogens with one attached hydrogen (secondary N) is 1. The quantitative estimate of drug-likeness (QED) is 0.380. The summed E-state index contributed by atoms with van der Waals surface area (Å²) in [6.45, 7) is 5.21. The molecule has 3 N–H and O–H groups in total. The number of aryl methyl sites for hydroxylation is 2. The Balaban J connectivity index is 2.36. The van der Waals surface area contributed by atoms with Crippen molar-refractivity contribution in [2.75, 3.05) is 26.0 Å². The van der Waals surface area contributed by atoms with Crippen molar-refractivity contribution in [1.29, 1.82) is 0 Å². The maximum atomic E-state index is 13.1. The lowest BCUT2D eigenvalue weighted by atomic mass is 10.1. The number of carbonyl (C=O) groups is 1. The van der Waals surface area contributed by atoms with Gasteiger partial charge in [0.1, 0.15) is 10.9 Å². The molecule has 0 spiro atoms. The van der Waals surface area contributed by atoms with E-state index in [2.05, 4.69) is 5.32 Å². The highest BCUT2D eigenvalue weighted by Gasteiger charge is 2.24. The Hall–Kier alpha value is -3.00. The van der Waals surface area contributed by atoms with Gasteiger partial charge in [-0.15, -0.1) is 0 Å². The van der Waals surface area contributed by atoms with Gasteiger partial charge in [0.2, 0.25) is 11.5 Å². The molecule has 8 nitrogen and oxygen atoms in total. The van der Waals surface area contributed by atoms with E-state index < -0.39 is 0 Å². The Morgan fingerprint density at radius 2 is 2.22 bits per heavy atom. The molecule has 27 heavy (non-hydrogen) atoms. The number of carbonyl (C=O) groups excluding carboxylic acids is 1. The van der Waals surface area contributed by atoms with Crippen LogP contribution >= 0.6 is 0 Å². The number of fused-ring (bicyclic) bond motifs is 2. The molecule has 0 saturated heterocycles. The molecule has 8 heteroatoms. The number of ether oxygens (including phenoxy) is 1. The number of anilines is 1. The second-order valence-corrected chi connectivity index (χ2v) is 6.34. The van der Waals surface area contributed by atoms with Crippen LogP contribution in [0.1, 0.15) is 29.3 Å². The van der Waals surface area contributed by atoms with E-state index in [9.17, 15) is 9.59 Å². The van der Waals surface area contributed by atoms with Gasteiger partial charge in [-0.25, -0.2) is 4.57 Å². The highest BCUT2D eigenvalue weighted by atomic mass is 16.5. The number of nitrogen functional groups attached to an aromatic ring is 1. The van der Waals surface area contributed by atoms with E-state index in [0.717, 1.165) is 5.56 Å². The zero-order chi connectivity index (χ0) is 19.6. The SMILES string of the molecule is CCNC(=O)c1cc2c(=O)n3cccc(C)c3nc2[n+](CCCOC)c1N. The van der Waals surface area contributed by atoms with Crippen molar-refractivity contribution in [3.63, 3.8) is 0 Å². The summed E-state index contributed by atoms with van der Waals surface area (Å²) >= 11 is 0. The van der Waals surface area contributed by atoms with Crippen LogP contribution in [0.25, 0.3) is 16.7 Å². The summed E-state index contributed by atoms with van der Waals surface area (Å²) in [4.78, 5) is 30.2. The van der Waals surface area contributed by atoms with E-state index in [1.807, 2.05) is 19.9 Å². The molecule has 3 aromatic rings. The summed E-state index contributed by atoms with van der Waals surface area (Å²) in [5, 5.41) is 3.09. The van der Waals surface area contributed by atoms with Gasteiger partial charge in [0.15, 0.2) is 0 Å². The van der Waals surface area contributed by atoms with Crippen molar-refractivity contribution in [1.82, 2.24) is 14.7 Å². The molecule has 0 aromatic carbocycles. The summed E-state index contributed by atoms with van der Waals surface area (Å²) in [5.74, 6) is -0.0273. The molecule has 1 amide bonds. The van der Waals surface area contributed by atoms with Crippen LogP contribution in [0, 0.1) is 6.92 Å². The molecule has 142 valence electrons. The molecule has 3 aromatic heterocycles. The van der Waals surface area contributed by atoms with E-state index in [-0.39, 0.29) is 22.8 Å². The Morgan fingerprint density at radius 1 is 1.44 bits per heavy atom. The second kappa shape index (κ2) is 7.71. The van der Waals surface area contributed by atoms with E-state index >= 15 is 0 Å². The lowest BCUT2D eigenvalue weighted by Gasteiger charge is -2.12. The molecular weight excluding hydrogens is 346 g/mol. The van der Waals surface area contributed by atoms with Gasteiger partial charge in [-0.3, -0.25) is 14.0 Å². The first-order valence-electron chi connectivity index (χ1n) is 8.90. The number of pyridine rings is 2. The van der Waals surface area contributed by atoms with Crippen LogP contribution in [0.2, 0.25) is 0 Å². The molecule has 0 bridgehead atoms. The fourth-order valence-electron chi connectivity index (χ4n) is 3.14. The summed E-state index contributed by atoms with van der Waals surface area (Å²) in [6, 6.07) is 5.23. The summed E-state index contributed by atoms with van der Waals surface area (Å²) < 4.78 is 8.35. The van der Waals surface area contributed by atoms with Gasteiger partial charge in [0, 0.05) is 38.4 Å². The number of amides is 1. The van der Waals surface area contributed by atoms with Gasteiger partial charge in [-0.1, -0.05) is 11.1 Å². The lowest BCUT2D eigenvalue weighted by Crippen LogP contribution is -2.43. The predicted octanol–water partition coefficient (Wildman–Crippen LogP) is 0.812. The van der Waals surface area contributed by atoms with Gasteiger partial charge < -0.3 is 15.8 Å². The predicted molar refractivity (Wildman–Crippen MR) is 103 cm³/mol. The molecule has 3 heterocycles. The number of rotatable bonds is 6. The third-order valence-corrected chi connectivity index (χ3v) is 4.49. The second-order valence-electron chi connectivity index (χ2n) is 6.34. The largest absolute Gasteiger partial charge is 0.385 e. The van der Waals surface area contributed by atoms with Crippen LogP contribution in [0.3, 0.4) is 0 Å². The molecule has 0 saturated carbocycles. The zero-order valence-electron chi connectivity index (χ0n) is 15.8. The topological polar surface area (TPSA) is 103 Å².